The van der Waals surface area contributed by atoms with Crippen LogP contribution in [0.3, 0.4) is 0 Å². The van der Waals surface area contributed by atoms with Crippen molar-refractivity contribution in [3.05, 3.63) is 144 Å². The fourth-order valence-electron chi connectivity index (χ4n) is 8.23. The van der Waals surface area contributed by atoms with Crippen molar-refractivity contribution in [3.8, 4) is 33.6 Å². The van der Waals surface area contributed by atoms with Gasteiger partial charge in [-0.2, -0.15) is 0 Å². The minimum absolute atomic E-state index is 0.0911. The number of nitrogens with one attached hydrogen (secondary N) is 2. The van der Waals surface area contributed by atoms with Crippen molar-refractivity contribution >= 4 is 17.9 Å². The Morgan fingerprint density at radius 1 is 0.649 bits per heavy atom. The van der Waals surface area contributed by atoms with Crippen LogP contribution in [0.5, 0.6) is 0 Å². The summed E-state index contributed by atoms with van der Waals surface area (Å²) in [7, 11) is 3.90. The fraction of sp³-hybridized carbons (Fsp3) is 0.267. The van der Waals surface area contributed by atoms with Crippen LogP contribution in [0.1, 0.15) is 72.7 Å². The summed E-state index contributed by atoms with van der Waals surface area (Å²) >= 11 is 0. The van der Waals surface area contributed by atoms with Gasteiger partial charge in [0.2, 0.25) is 12.0 Å². The van der Waals surface area contributed by atoms with Crippen LogP contribution < -0.4 is 5.73 Å². The van der Waals surface area contributed by atoms with E-state index in [1.54, 1.807) is 35.4 Å². The highest BCUT2D eigenvalue weighted by atomic mass is 16.6. The summed E-state index contributed by atoms with van der Waals surface area (Å²) in [6.07, 6.45) is 4.85. The number of aromatic amines is 2. The van der Waals surface area contributed by atoms with Gasteiger partial charge in [0.1, 0.15) is 17.7 Å². The van der Waals surface area contributed by atoms with Gasteiger partial charge in [-0.05, 0) is 67.6 Å². The van der Waals surface area contributed by atoms with E-state index in [1.165, 1.54) is 0 Å². The Hall–Kier alpha value is -6.53. The number of ether oxygens (including phenoxy) is 1. The van der Waals surface area contributed by atoms with Crippen LogP contribution in [0.15, 0.2) is 122 Å². The number of likely N-dealkylation sites (N-methyl/N-ethyl adjacent to an activating group) is 1. The highest BCUT2D eigenvalue weighted by molar-refractivity contribution is 5.85. The summed E-state index contributed by atoms with van der Waals surface area (Å²) < 4.78 is 5.30. The molecule has 0 bridgehead atoms. The number of benzene rings is 4. The molecule has 4 aromatic carbocycles. The average Bonchev–Trinajstić information content (AvgIpc) is 4.08. The number of likely N-dealkylation sites (tertiary alicyclic amines) is 2. The molecule has 4 heterocycles. The van der Waals surface area contributed by atoms with Crippen molar-refractivity contribution in [2.24, 2.45) is 5.73 Å². The highest BCUT2D eigenvalue weighted by Gasteiger charge is 2.39. The van der Waals surface area contributed by atoms with Gasteiger partial charge in [-0.3, -0.25) is 14.5 Å². The van der Waals surface area contributed by atoms with Gasteiger partial charge in [-0.25, -0.2) is 14.8 Å². The number of aromatic nitrogens is 4. The molecular formula is C45H46N8O4. The third-order valence-electron chi connectivity index (χ3n) is 11.0. The molecule has 2 aliphatic rings. The van der Waals surface area contributed by atoms with E-state index in [9.17, 15) is 14.4 Å². The lowest BCUT2D eigenvalue weighted by Crippen LogP contribution is -2.40. The average molecular weight is 763 g/mol. The van der Waals surface area contributed by atoms with Gasteiger partial charge in [-0.15, -0.1) is 0 Å². The fourth-order valence-corrected chi connectivity index (χ4v) is 8.23. The maximum absolute atomic E-state index is 13.9. The van der Waals surface area contributed by atoms with Crippen LogP contribution in [-0.2, 0) is 14.3 Å². The largest absolute Gasteiger partial charge is 0.431 e. The maximum atomic E-state index is 13.9. The molecule has 4 N–H and O–H groups in total. The van der Waals surface area contributed by atoms with Crippen molar-refractivity contribution in [3.63, 3.8) is 0 Å². The van der Waals surface area contributed by atoms with Crippen molar-refractivity contribution in [2.45, 2.75) is 49.9 Å². The predicted molar refractivity (Wildman–Crippen MR) is 217 cm³/mol. The molecule has 8 rings (SSSR count). The lowest BCUT2D eigenvalue weighted by Gasteiger charge is -2.31. The number of amides is 3. The summed E-state index contributed by atoms with van der Waals surface area (Å²) in [6.45, 7) is 1.23. The minimum Gasteiger partial charge on any atom is -0.431 e. The molecule has 0 aliphatic carbocycles. The summed E-state index contributed by atoms with van der Waals surface area (Å²) in [6, 6.07) is 34.8. The summed E-state index contributed by atoms with van der Waals surface area (Å²) in [5.74, 6) is 1.26. The Bertz CT molecular complexity index is 2320. The Morgan fingerprint density at radius 3 is 1.54 bits per heavy atom. The van der Waals surface area contributed by atoms with Gasteiger partial charge >= 0.3 is 6.09 Å². The first-order valence-electron chi connectivity index (χ1n) is 19.4. The molecule has 2 aliphatic heterocycles. The first-order valence-corrected chi connectivity index (χ1v) is 19.4. The molecule has 6 aromatic rings. The number of H-pyrrole nitrogens is 2. The number of hydrogen-bond acceptors (Lipinski definition) is 7. The minimum atomic E-state index is -1.13. The molecule has 12 nitrogen and oxygen atoms in total. The monoisotopic (exact) mass is 762 g/mol. The number of hydrogen-bond donors (Lipinski definition) is 3. The van der Waals surface area contributed by atoms with Crippen LogP contribution in [0, 0.1) is 0 Å². The number of carbonyl (C=O) groups excluding carboxylic acids is 3. The second kappa shape index (κ2) is 16.3. The molecule has 0 unspecified atom stereocenters. The SMILES string of the molecule is CN(C)[C@H](C(=O)N1CCC[C@H]1c1ncc(-c2ccc(-c3ccc(-c4cnc([C@@H]5CCCN5C(=O)[C@H](OC(N)=O)c5ccccc5)[nH]4)cc3)cc2)[nH]1)c1ccccc1. The molecule has 2 aromatic heterocycles. The summed E-state index contributed by atoms with van der Waals surface area (Å²) in [5, 5.41) is 0. The first-order chi connectivity index (χ1) is 27.7. The molecule has 3 amide bonds. The number of rotatable bonds is 11. The van der Waals surface area contributed by atoms with Crippen molar-refractivity contribution < 1.29 is 19.1 Å². The van der Waals surface area contributed by atoms with E-state index < -0.39 is 12.2 Å². The number of carbonyl (C=O) groups is 3. The number of primary amides is 1. The molecular weight excluding hydrogens is 717 g/mol. The quantitative estimate of drug-likeness (QED) is 0.123. The topological polar surface area (TPSA) is 154 Å². The van der Waals surface area contributed by atoms with Gasteiger partial charge in [0.05, 0.1) is 35.9 Å². The first kappa shape index (κ1) is 37.4. The second-order valence-corrected chi connectivity index (χ2v) is 14.9. The maximum Gasteiger partial charge on any atom is 0.405 e. The van der Waals surface area contributed by atoms with Crippen LogP contribution in [-0.4, -0.2) is 79.7 Å². The Morgan fingerprint density at radius 2 is 1.09 bits per heavy atom. The third kappa shape index (κ3) is 7.81. The van der Waals surface area contributed by atoms with Crippen LogP contribution >= 0.6 is 0 Å². The predicted octanol–water partition coefficient (Wildman–Crippen LogP) is 7.60. The van der Waals surface area contributed by atoms with Gasteiger partial charge in [0, 0.05) is 18.7 Å². The molecule has 0 radical (unpaired) electrons. The molecule has 4 atom stereocenters. The molecule has 12 heteroatoms. The van der Waals surface area contributed by atoms with E-state index >= 15 is 0 Å². The van der Waals surface area contributed by atoms with E-state index in [4.69, 9.17) is 15.5 Å². The number of imidazole rings is 2. The van der Waals surface area contributed by atoms with E-state index in [0.29, 0.717) is 24.5 Å². The molecule has 290 valence electrons. The molecule has 0 spiro atoms. The van der Waals surface area contributed by atoms with E-state index in [2.05, 4.69) is 63.5 Å². The number of nitrogens with zero attached hydrogens (tertiary/aromatic N) is 5. The van der Waals surface area contributed by atoms with E-state index in [1.807, 2.05) is 66.5 Å². The van der Waals surface area contributed by atoms with Crippen molar-refractivity contribution in [2.75, 3.05) is 27.2 Å². The number of nitrogens with two attached hydrogens (primary N) is 1. The second-order valence-electron chi connectivity index (χ2n) is 14.9. The molecule has 57 heavy (non-hydrogen) atoms. The molecule has 2 saturated heterocycles. The van der Waals surface area contributed by atoms with Crippen LogP contribution in [0.4, 0.5) is 4.79 Å². The van der Waals surface area contributed by atoms with Gasteiger partial charge < -0.3 is 30.2 Å². The van der Waals surface area contributed by atoms with Crippen LogP contribution in [0.25, 0.3) is 33.6 Å². The Balaban J connectivity index is 0.930. The third-order valence-corrected chi connectivity index (χ3v) is 11.0. The summed E-state index contributed by atoms with van der Waals surface area (Å²) in [5.41, 5.74) is 12.8. The van der Waals surface area contributed by atoms with E-state index in [0.717, 1.165) is 70.7 Å². The molecule has 0 saturated carbocycles. The lowest BCUT2D eigenvalue weighted by molar-refractivity contribution is -0.141. The van der Waals surface area contributed by atoms with Crippen molar-refractivity contribution in [1.82, 2.24) is 34.6 Å². The Kier molecular flexibility index (Phi) is 10.7. The smallest absolute Gasteiger partial charge is 0.405 e. The zero-order chi connectivity index (χ0) is 39.5. The standard InChI is InChI=1S/C45H46N8O4/c1-51(2)39(33-11-5-3-6-12-33)43(54)52-25-9-15-37(52)41-47-27-35(49-41)31-21-17-29(18-22-31)30-19-23-32(24-20-30)36-28-48-42(50-36)38-16-10-26-53(38)44(55)40(57-45(46)56)34-13-7-4-8-14-34/h3-8,11-14,17-24,27-28,37-40H,9-10,15-16,25-26H2,1-2H3,(H2,46,56)(H,47,49)(H,48,50)/t37-,38-,39-,40+/m0/s1. The van der Waals surface area contributed by atoms with Crippen molar-refractivity contribution in [1.29, 1.82) is 0 Å². The van der Waals surface area contributed by atoms with Gasteiger partial charge in [0.25, 0.3) is 5.91 Å². The summed E-state index contributed by atoms with van der Waals surface area (Å²) in [4.78, 5) is 61.4. The highest BCUT2D eigenvalue weighted by Crippen LogP contribution is 2.37. The van der Waals surface area contributed by atoms with Gasteiger partial charge in [-0.1, -0.05) is 109 Å². The van der Waals surface area contributed by atoms with Gasteiger partial charge in [0.15, 0.2) is 0 Å². The van der Waals surface area contributed by atoms with E-state index in [-0.39, 0.29) is 29.9 Å². The zero-order valence-electron chi connectivity index (χ0n) is 32.0. The zero-order valence-corrected chi connectivity index (χ0v) is 32.0. The molecule has 2 fully saturated rings. The van der Waals surface area contributed by atoms with Crippen LogP contribution in [0.2, 0.25) is 0 Å². The Labute approximate surface area is 331 Å². The lowest BCUT2D eigenvalue weighted by atomic mass is 10.0. The normalized spacial score (nSPS) is 17.8.